The van der Waals surface area contributed by atoms with E-state index in [1.807, 2.05) is 6.07 Å². The number of halogens is 3. The number of hydrogen-bond donors (Lipinski definition) is 0. The van der Waals surface area contributed by atoms with E-state index in [1.165, 1.54) is 6.07 Å². The van der Waals surface area contributed by atoms with E-state index in [-0.39, 0.29) is 5.69 Å². The van der Waals surface area contributed by atoms with Crippen LogP contribution in [0.15, 0.2) is 40.9 Å². The first-order valence-electron chi connectivity index (χ1n) is 7.91. The predicted molar refractivity (Wildman–Crippen MR) is 82.9 cm³/mol. The van der Waals surface area contributed by atoms with Crippen molar-refractivity contribution >= 4 is 5.91 Å². The highest BCUT2D eigenvalue weighted by molar-refractivity contribution is 5.93. The van der Waals surface area contributed by atoms with Crippen LogP contribution in [0.4, 0.5) is 13.2 Å². The average Bonchev–Trinajstić information content (AvgIpc) is 3.10. The summed E-state index contributed by atoms with van der Waals surface area (Å²) in [5, 5.41) is 3.67. The number of amides is 1. The fraction of sp³-hybridized carbons (Fsp3) is 0.412. The van der Waals surface area contributed by atoms with Crippen molar-refractivity contribution in [1.29, 1.82) is 0 Å². The molecule has 0 radical (unpaired) electrons. The maximum atomic E-state index is 12.9. The topological polar surface area (TPSA) is 55.6 Å². The summed E-state index contributed by atoms with van der Waals surface area (Å²) in [5.74, 6) is -0.446. The number of benzene rings is 1. The number of alkyl halides is 3. The van der Waals surface area contributed by atoms with Crippen LogP contribution in [0.2, 0.25) is 0 Å². The molecule has 0 unspecified atom stereocenters. The van der Waals surface area contributed by atoms with Crippen LogP contribution < -0.4 is 0 Å². The third-order valence-electron chi connectivity index (χ3n) is 4.03. The van der Waals surface area contributed by atoms with Gasteiger partial charge in [0.15, 0.2) is 11.5 Å². The lowest BCUT2D eigenvalue weighted by atomic mass is 10.1. The van der Waals surface area contributed by atoms with Crippen LogP contribution >= 0.6 is 0 Å². The number of hydrogen-bond acceptors (Lipinski definition) is 4. The molecule has 1 aromatic heterocycles. The summed E-state index contributed by atoms with van der Waals surface area (Å²) in [5.41, 5.74) is 0.567. The van der Waals surface area contributed by atoms with Gasteiger partial charge in [0.05, 0.1) is 0 Å². The van der Waals surface area contributed by atoms with E-state index in [1.54, 1.807) is 24.3 Å². The Bertz CT molecular complexity index is 709. The van der Waals surface area contributed by atoms with Crippen molar-refractivity contribution in [2.45, 2.75) is 25.1 Å². The molecule has 134 valence electrons. The van der Waals surface area contributed by atoms with Crippen LogP contribution in [0.3, 0.4) is 0 Å². The van der Waals surface area contributed by atoms with E-state index in [0.29, 0.717) is 37.4 Å². The first-order valence-corrected chi connectivity index (χ1v) is 7.91. The smallest absolute Gasteiger partial charge is 0.381 e. The van der Waals surface area contributed by atoms with Gasteiger partial charge in [-0.05, 0) is 12.8 Å². The zero-order chi connectivity index (χ0) is 17.9. The zero-order valence-electron chi connectivity index (χ0n) is 13.3. The van der Waals surface area contributed by atoms with Gasteiger partial charge in [0.2, 0.25) is 0 Å². The van der Waals surface area contributed by atoms with Crippen molar-refractivity contribution in [3.8, 4) is 11.3 Å². The van der Waals surface area contributed by atoms with Crippen molar-refractivity contribution in [3.63, 3.8) is 0 Å². The molecule has 0 aliphatic carbocycles. The lowest BCUT2D eigenvalue weighted by Crippen LogP contribution is -2.48. The molecule has 1 fully saturated rings. The van der Waals surface area contributed by atoms with Gasteiger partial charge in [0.25, 0.3) is 5.91 Å². The number of carbonyl (C=O) groups excluding carboxylic acids is 1. The van der Waals surface area contributed by atoms with Crippen LogP contribution in [0, 0.1) is 0 Å². The SMILES string of the molecule is O=C(c1cc(-c2ccccc2)on1)N(CC(F)(F)F)C1CCOCC1. The summed E-state index contributed by atoms with van der Waals surface area (Å²) >= 11 is 0. The highest BCUT2D eigenvalue weighted by Crippen LogP contribution is 2.26. The van der Waals surface area contributed by atoms with Gasteiger partial charge in [-0.15, -0.1) is 0 Å². The molecule has 1 saturated heterocycles. The Kier molecular flexibility index (Phi) is 5.08. The second-order valence-corrected chi connectivity index (χ2v) is 5.83. The summed E-state index contributed by atoms with van der Waals surface area (Å²) in [6.07, 6.45) is -3.75. The number of carbonyl (C=O) groups is 1. The van der Waals surface area contributed by atoms with Gasteiger partial charge < -0.3 is 14.2 Å². The third-order valence-corrected chi connectivity index (χ3v) is 4.03. The van der Waals surface area contributed by atoms with Gasteiger partial charge in [-0.3, -0.25) is 4.79 Å². The normalized spacial score (nSPS) is 16.0. The van der Waals surface area contributed by atoms with Crippen LogP contribution in [0.25, 0.3) is 11.3 Å². The molecule has 0 bridgehead atoms. The van der Waals surface area contributed by atoms with Crippen molar-refractivity contribution < 1.29 is 27.2 Å². The molecule has 1 aliphatic rings. The first-order chi connectivity index (χ1) is 11.9. The maximum absolute atomic E-state index is 12.9. The Morgan fingerprint density at radius 2 is 1.88 bits per heavy atom. The number of rotatable bonds is 4. The quantitative estimate of drug-likeness (QED) is 0.843. The maximum Gasteiger partial charge on any atom is 0.406 e. The summed E-state index contributed by atoms with van der Waals surface area (Å²) in [6, 6.07) is 9.78. The Morgan fingerprint density at radius 3 is 2.52 bits per heavy atom. The summed E-state index contributed by atoms with van der Waals surface area (Å²) in [7, 11) is 0. The summed E-state index contributed by atoms with van der Waals surface area (Å²) < 4.78 is 49.1. The van der Waals surface area contributed by atoms with Gasteiger partial charge in [0.1, 0.15) is 6.54 Å². The highest BCUT2D eigenvalue weighted by Gasteiger charge is 2.38. The zero-order valence-corrected chi connectivity index (χ0v) is 13.3. The van der Waals surface area contributed by atoms with Crippen LogP contribution in [0.1, 0.15) is 23.3 Å². The minimum absolute atomic E-state index is 0.130. The predicted octanol–water partition coefficient (Wildman–Crippen LogP) is 3.53. The van der Waals surface area contributed by atoms with E-state index in [9.17, 15) is 18.0 Å². The van der Waals surface area contributed by atoms with E-state index in [2.05, 4.69) is 5.16 Å². The van der Waals surface area contributed by atoms with Gasteiger partial charge in [-0.1, -0.05) is 35.5 Å². The summed E-state index contributed by atoms with van der Waals surface area (Å²) in [6.45, 7) is -0.648. The number of nitrogens with zero attached hydrogens (tertiary/aromatic N) is 2. The molecule has 0 N–H and O–H groups in total. The van der Waals surface area contributed by atoms with Crippen molar-refractivity contribution in [3.05, 3.63) is 42.1 Å². The lowest BCUT2D eigenvalue weighted by molar-refractivity contribution is -0.147. The third kappa shape index (κ3) is 4.39. The number of ether oxygens (including phenoxy) is 1. The first kappa shape index (κ1) is 17.5. The molecule has 3 rings (SSSR count). The second kappa shape index (κ2) is 7.26. The van der Waals surface area contributed by atoms with Crippen molar-refractivity contribution in [2.75, 3.05) is 19.8 Å². The van der Waals surface area contributed by atoms with Gasteiger partial charge in [0, 0.05) is 30.9 Å². The fourth-order valence-electron chi connectivity index (χ4n) is 2.82. The molecule has 8 heteroatoms. The second-order valence-electron chi connectivity index (χ2n) is 5.83. The highest BCUT2D eigenvalue weighted by atomic mass is 19.4. The molecule has 0 saturated carbocycles. The monoisotopic (exact) mass is 354 g/mol. The fourth-order valence-corrected chi connectivity index (χ4v) is 2.82. The van der Waals surface area contributed by atoms with Crippen LogP contribution in [-0.4, -0.2) is 47.9 Å². The molecular formula is C17H17F3N2O3. The number of aromatic nitrogens is 1. The van der Waals surface area contributed by atoms with Crippen molar-refractivity contribution in [1.82, 2.24) is 10.1 Å². The minimum atomic E-state index is -4.49. The van der Waals surface area contributed by atoms with Crippen LogP contribution in [0.5, 0.6) is 0 Å². The molecule has 0 atom stereocenters. The molecule has 1 amide bonds. The largest absolute Gasteiger partial charge is 0.406 e. The Morgan fingerprint density at radius 1 is 1.20 bits per heavy atom. The Balaban J connectivity index is 1.83. The standard InChI is InChI=1S/C17H17F3N2O3/c18-17(19,20)11-22(13-6-8-24-9-7-13)16(23)14-10-15(25-21-14)12-4-2-1-3-5-12/h1-5,10,13H,6-9,11H2. The Labute approximate surface area is 142 Å². The molecule has 1 aliphatic heterocycles. The lowest BCUT2D eigenvalue weighted by Gasteiger charge is -2.34. The minimum Gasteiger partial charge on any atom is -0.381 e. The Hall–Kier alpha value is -2.35. The van der Waals surface area contributed by atoms with Gasteiger partial charge in [-0.2, -0.15) is 13.2 Å². The molecule has 0 spiro atoms. The average molecular weight is 354 g/mol. The summed E-state index contributed by atoms with van der Waals surface area (Å²) in [4.78, 5) is 13.5. The van der Waals surface area contributed by atoms with E-state index < -0.39 is 24.7 Å². The van der Waals surface area contributed by atoms with Crippen molar-refractivity contribution in [2.24, 2.45) is 0 Å². The molecule has 5 nitrogen and oxygen atoms in total. The van der Waals surface area contributed by atoms with Gasteiger partial charge >= 0.3 is 6.18 Å². The van der Waals surface area contributed by atoms with E-state index >= 15 is 0 Å². The van der Waals surface area contributed by atoms with E-state index in [0.717, 1.165) is 4.90 Å². The van der Waals surface area contributed by atoms with Crippen LogP contribution in [-0.2, 0) is 4.74 Å². The molecular weight excluding hydrogens is 337 g/mol. The molecule has 1 aromatic carbocycles. The molecule has 2 heterocycles. The van der Waals surface area contributed by atoms with E-state index in [4.69, 9.17) is 9.26 Å². The molecule has 25 heavy (non-hydrogen) atoms. The van der Waals surface area contributed by atoms with Gasteiger partial charge in [-0.25, -0.2) is 0 Å². The molecule has 2 aromatic rings.